The third kappa shape index (κ3) is 5.69. The summed E-state index contributed by atoms with van der Waals surface area (Å²) in [6, 6.07) is 8.26. The van der Waals surface area contributed by atoms with E-state index in [4.69, 9.17) is 4.74 Å². The second-order valence-electron chi connectivity index (χ2n) is 4.52. The second-order valence-corrected chi connectivity index (χ2v) is 5.38. The van der Waals surface area contributed by atoms with Crippen LogP contribution in [0.15, 0.2) is 28.7 Å². The van der Waals surface area contributed by atoms with Crippen molar-refractivity contribution in [2.75, 3.05) is 6.61 Å². The fourth-order valence-electron chi connectivity index (χ4n) is 1.85. The molecule has 0 heterocycles. The van der Waals surface area contributed by atoms with Crippen LogP contribution in [0.5, 0.6) is 0 Å². The molecule has 17 heavy (non-hydrogen) atoms. The highest BCUT2D eigenvalue weighted by Gasteiger charge is 2.06. The lowest BCUT2D eigenvalue weighted by molar-refractivity contribution is 0.0816. The topological polar surface area (TPSA) is 9.23 Å². The van der Waals surface area contributed by atoms with Crippen LogP contribution in [-0.2, 0) is 11.3 Å². The Kier molecular flexibility index (Phi) is 7.54. The van der Waals surface area contributed by atoms with Crippen LogP contribution in [0.4, 0.5) is 0 Å². The zero-order chi connectivity index (χ0) is 12.5. The van der Waals surface area contributed by atoms with Crippen molar-refractivity contribution in [3.63, 3.8) is 0 Å². The molecule has 0 aliphatic carbocycles. The van der Waals surface area contributed by atoms with E-state index in [2.05, 4.69) is 48.0 Å². The molecule has 1 aromatic carbocycles. The molecule has 0 N–H and O–H groups in total. The maximum Gasteiger partial charge on any atom is 0.0727 e. The van der Waals surface area contributed by atoms with Gasteiger partial charge in [-0.1, -0.05) is 67.2 Å². The minimum absolute atomic E-state index is 0.712. The molecule has 0 aliphatic heterocycles. The molecular weight excluding hydrogens is 276 g/mol. The lowest BCUT2D eigenvalue weighted by Crippen LogP contribution is -2.09. The Morgan fingerprint density at radius 1 is 1.24 bits per heavy atom. The molecule has 0 amide bonds. The number of hydrogen-bond acceptors (Lipinski definition) is 1. The van der Waals surface area contributed by atoms with Crippen molar-refractivity contribution in [1.29, 1.82) is 0 Å². The van der Waals surface area contributed by atoms with E-state index >= 15 is 0 Å². The van der Waals surface area contributed by atoms with Gasteiger partial charge < -0.3 is 4.74 Å². The van der Waals surface area contributed by atoms with Crippen LogP contribution >= 0.6 is 15.9 Å². The molecule has 0 bridgehead atoms. The zero-order valence-electron chi connectivity index (χ0n) is 10.9. The summed E-state index contributed by atoms with van der Waals surface area (Å²) < 4.78 is 6.96. The summed E-state index contributed by atoms with van der Waals surface area (Å²) in [5.74, 6) is 0.720. The van der Waals surface area contributed by atoms with Crippen LogP contribution < -0.4 is 0 Å². The average Bonchev–Trinajstić information content (AvgIpc) is 2.35. The first-order valence-electron chi connectivity index (χ1n) is 6.59. The van der Waals surface area contributed by atoms with Crippen molar-refractivity contribution in [2.45, 2.75) is 46.1 Å². The fourth-order valence-corrected chi connectivity index (χ4v) is 2.25. The van der Waals surface area contributed by atoms with Crippen molar-refractivity contribution in [3.8, 4) is 0 Å². The van der Waals surface area contributed by atoms with Gasteiger partial charge in [0.1, 0.15) is 0 Å². The highest BCUT2D eigenvalue weighted by atomic mass is 79.9. The van der Waals surface area contributed by atoms with E-state index in [0.717, 1.165) is 17.0 Å². The summed E-state index contributed by atoms with van der Waals surface area (Å²) in [5.41, 5.74) is 1.23. The standard InChI is InChI=1S/C15H23BrO/c1-3-5-8-13(4-2)11-17-12-14-9-6-7-10-15(14)16/h6-7,9-10,13H,3-5,8,11-12H2,1-2H3. The number of ether oxygens (including phenoxy) is 1. The van der Waals surface area contributed by atoms with Gasteiger partial charge in [0.05, 0.1) is 6.61 Å². The van der Waals surface area contributed by atoms with Gasteiger partial charge in [-0.3, -0.25) is 0 Å². The van der Waals surface area contributed by atoms with E-state index in [1.54, 1.807) is 0 Å². The first-order valence-corrected chi connectivity index (χ1v) is 7.38. The molecule has 2 heteroatoms. The van der Waals surface area contributed by atoms with Crippen molar-refractivity contribution in [3.05, 3.63) is 34.3 Å². The van der Waals surface area contributed by atoms with Crippen molar-refractivity contribution < 1.29 is 4.74 Å². The number of unbranched alkanes of at least 4 members (excludes halogenated alkanes) is 1. The van der Waals surface area contributed by atoms with Gasteiger partial charge in [-0.05, 0) is 24.0 Å². The largest absolute Gasteiger partial charge is 0.376 e. The highest BCUT2D eigenvalue weighted by molar-refractivity contribution is 9.10. The normalized spacial score (nSPS) is 12.6. The maximum atomic E-state index is 5.82. The molecule has 0 aliphatic rings. The first kappa shape index (κ1) is 14.7. The van der Waals surface area contributed by atoms with Gasteiger partial charge in [-0.25, -0.2) is 0 Å². The zero-order valence-corrected chi connectivity index (χ0v) is 12.5. The summed E-state index contributed by atoms with van der Waals surface area (Å²) in [6.07, 6.45) is 5.11. The summed E-state index contributed by atoms with van der Waals surface area (Å²) >= 11 is 3.54. The smallest absolute Gasteiger partial charge is 0.0727 e. The Bertz CT molecular complexity index is 312. The minimum Gasteiger partial charge on any atom is -0.376 e. The minimum atomic E-state index is 0.712. The van der Waals surface area contributed by atoms with Crippen molar-refractivity contribution in [2.24, 2.45) is 5.92 Å². The lowest BCUT2D eigenvalue weighted by Gasteiger charge is -2.15. The van der Waals surface area contributed by atoms with E-state index < -0.39 is 0 Å². The quantitative estimate of drug-likeness (QED) is 0.642. The number of rotatable bonds is 8. The fraction of sp³-hybridized carbons (Fsp3) is 0.600. The molecule has 96 valence electrons. The SMILES string of the molecule is CCCCC(CC)COCc1ccccc1Br. The lowest BCUT2D eigenvalue weighted by atomic mass is 10.0. The van der Waals surface area contributed by atoms with Gasteiger partial charge in [0.15, 0.2) is 0 Å². The Balaban J connectivity index is 2.28. The molecule has 1 unspecified atom stereocenters. The van der Waals surface area contributed by atoms with Gasteiger partial charge in [0.2, 0.25) is 0 Å². The Labute approximate surface area is 114 Å². The highest BCUT2D eigenvalue weighted by Crippen LogP contribution is 2.18. The van der Waals surface area contributed by atoms with E-state index in [1.807, 2.05) is 6.07 Å². The van der Waals surface area contributed by atoms with Gasteiger partial charge >= 0.3 is 0 Å². The predicted molar refractivity (Wildman–Crippen MR) is 77.1 cm³/mol. The molecule has 1 aromatic rings. The molecule has 1 atom stereocenters. The van der Waals surface area contributed by atoms with E-state index in [9.17, 15) is 0 Å². The summed E-state index contributed by atoms with van der Waals surface area (Å²) in [4.78, 5) is 0. The summed E-state index contributed by atoms with van der Waals surface area (Å²) in [7, 11) is 0. The van der Waals surface area contributed by atoms with Crippen LogP contribution in [0.3, 0.4) is 0 Å². The van der Waals surface area contributed by atoms with Crippen LogP contribution in [-0.4, -0.2) is 6.61 Å². The average molecular weight is 299 g/mol. The van der Waals surface area contributed by atoms with Crippen molar-refractivity contribution >= 4 is 15.9 Å². The second kappa shape index (κ2) is 8.71. The summed E-state index contributed by atoms with van der Waals surface area (Å²) in [5, 5.41) is 0. The molecule has 0 saturated carbocycles. The van der Waals surface area contributed by atoms with Crippen molar-refractivity contribution in [1.82, 2.24) is 0 Å². The Morgan fingerprint density at radius 2 is 2.00 bits per heavy atom. The van der Waals surface area contributed by atoms with Crippen LogP contribution in [0.2, 0.25) is 0 Å². The molecule has 0 aromatic heterocycles. The van der Waals surface area contributed by atoms with Gasteiger partial charge in [0.25, 0.3) is 0 Å². The predicted octanol–water partition coefficient (Wildman–Crippen LogP) is 5.18. The number of halogens is 1. The number of hydrogen-bond donors (Lipinski definition) is 0. The molecular formula is C15H23BrO. The van der Waals surface area contributed by atoms with Gasteiger partial charge in [0, 0.05) is 11.1 Å². The van der Waals surface area contributed by atoms with Crippen LogP contribution in [0, 0.1) is 5.92 Å². The summed E-state index contributed by atoms with van der Waals surface area (Å²) in [6.45, 7) is 6.10. The van der Waals surface area contributed by atoms with Gasteiger partial charge in [-0.2, -0.15) is 0 Å². The third-order valence-electron chi connectivity index (χ3n) is 3.11. The van der Waals surface area contributed by atoms with E-state index in [0.29, 0.717) is 6.61 Å². The Morgan fingerprint density at radius 3 is 2.65 bits per heavy atom. The maximum absolute atomic E-state index is 5.82. The molecule has 0 saturated heterocycles. The number of benzene rings is 1. The first-order chi connectivity index (χ1) is 8.27. The monoisotopic (exact) mass is 298 g/mol. The van der Waals surface area contributed by atoms with Gasteiger partial charge in [-0.15, -0.1) is 0 Å². The molecule has 0 spiro atoms. The third-order valence-corrected chi connectivity index (χ3v) is 3.89. The van der Waals surface area contributed by atoms with E-state index in [1.165, 1.54) is 31.2 Å². The van der Waals surface area contributed by atoms with E-state index in [-0.39, 0.29) is 0 Å². The molecule has 1 nitrogen and oxygen atoms in total. The van der Waals surface area contributed by atoms with Crippen LogP contribution in [0.25, 0.3) is 0 Å². The Hall–Kier alpha value is -0.340. The van der Waals surface area contributed by atoms with Crippen LogP contribution in [0.1, 0.15) is 45.1 Å². The molecule has 1 rings (SSSR count). The molecule has 0 fully saturated rings. The molecule has 0 radical (unpaired) electrons.